The van der Waals surface area contributed by atoms with Crippen molar-refractivity contribution in [1.82, 2.24) is 0 Å². The molecule has 0 heterocycles. The van der Waals surface area contributed by atoms with E-state index in [0.29, 0.717) is 12.3 Å². The molecule has 0 spiro atoms. The molecule has 1 N–H and O–H groups in total. The van der Waals surface area contributed by atoms with Crippen molar-refractivity contribution in [1.29, 1.82) is 0 Å². The van der Waals surface area contributed by atoms with Gasteiger partial charge in [-0.15, -0.1) is 0 Å². The fraction of sp³-hybridized carbons (Fsp3) is 0.667. The molecule has 126 valence electrons. The first-order valence-electron chi connectivity index (χ1n) is 8.45. The summed E-state index contributed by atoms with van der Waals surface area (Å²) >= 11 is 0. The summed E-state index contributed by atoms with van der Waals surface area (Å²) in [6.45, 7) is 8.47. The van der Waals surface area contributed by atoms with Crippen LogP contribution in [0.5, 0.6) is 0 Å². The van der Waals surface area contributed by atoms with Gasteiger partial charge in [-0.2, -0.15) is 8.42 Å². The molecule has 0 amide bonds. The fourth-order valence-electron chi connectivity index (χ4n) is 2.96. The van der Waals surface area contributed by atoms with Crippen LogP contribution in [0.1, 0.15) is 70.1 Å². The second kappa shape index (κ2) is 8.68. The number of hydrogen-bond acceptors (Lipinski definition) is 2. The summed E-state index contributed by atoms with van der Waals surface area (Å²) in [6.07, 6.45) is 7.03. The molecular formula is C18H30O3S. The summed E-state index contributed by atoms with van der Waals surface area (Å²) < 4.78 is 32.7. The summed E-state index contributed by atoms with van der Waals surface area (Å²) in [5.74, 6) is 0.594. The lowest BCUT2D eigenvalue weighted by atomic mass is 9.90. The third-order valence-electron chi connectivity index (χ3n) is 4.18. The third-order valence-corrected chi connectivity index (χ3v) is 5.12. The Balaban J connectivity index is 3.20. The van der Waals surface area contributed by atoms with Crippen molar-refractivity contribution in [3.63, 3.8) is 0 Å². The van der Waals surface area contributed by atoms with Crippen molar-refractivity contribution in [3.8, 4) is 0 Å². The monoisotopic (exact) mass is 326 g/mol. The first-order chi connectivity index (χ1) is 10.3. The lowest BCUT2D eigenvalue weighted by Gasteiger charge is -2.17. The van der Waals surface area contributed by atoms with E-state index in [2.05, 4.69) is 20.8 Å². The molecule has 1 aromatic carbocycles. The highest BCUT2D eigenvalue weighted by molar-refractivity contribution is 7.85. The smallest absolute Gasteiger partial charge is 0.282 e. The molecule has 1 atom stereocenters. The maximum absolute atomic E-state index is 11.6. The highest BCUT2D eigenvalue weighted by atomic mass is 32.2. The normalized spacial score (nSPS) is 13.3. The number of aryl methyl sites for hydroxylation is 2. The second-order valence-electron chi connectivity index (χ2n) is 6.26. The summed E-state index contributed by atoms with van der Waals surface area (Å²) in [7, 11) is -4.15. The molecule has 1 aromatic rings. The highest BCUT2D eigenvalue weighted by Gasteiger charge is 2.18. The van der Waals surface area contributed by atoms with Crippen LogP contribution in [0.3, 0.4) is 0 Å². The van der Waals surface area contributed by atoms with Crippen LogP contribution >= 0.6 is 0 Å². The van der Waals surface area contributed by atoms with Gasteiger partial charge in [0.15, 0.2) is 0 Å². The Bertz CT molecular complexity index is 576. The van der Waals surface area contributed by atoms with E-state index >= 15 is 0 Å². The Morgan fingerprint density at radius 2 is 1.73 bits per heavy atom. The predicted octanol–water partition coefficient (Wildman–Crippen LogP) is 4.82. The van der Waals surface area contributed by atoms with Crippen molar-refractivity contribution in [3.05, 3.63) is 28.8 Å². The number of benzene rings is 1. The first kappa shape index (κ1) is 19.2. The van der Waals surface area contributed by atoms with Crippen LogP contribution < -0.4 is 0 Å². The molecule has 0 aliphatic heterocycles. The molecule has 0 radical (unpaired) electrons. The van der Waals surface area contributed by atoms with Crippen molar-refractivity contribution in [2.45, 2.75) is 77.5 Å². The number of rotatable bonds is 9. The van der Waals surface area contributed by atoms with Crippen molar-refractivity contribution in [2.24, 2.45) is 5.92 Å². The van der Waals surface area contributed by atoms with Crippen molar-refractivity contribution >= 4 is 10.1 Å². The molecule has 0 aliphatic carbocycles. The quantitative estimate of drug-likeness (QED) is 0.662. The van der Waals surface area contributed by atoms with E-state index in [-0.39, 0.29) is 4.90 Å². The van der Waals surface area contributed by atoms with Gasteiger partial charge in [-0.3, -0.25) is 4.55 Å². The van der Waals surface area contributed by atoms with Crippen LogP contribution in [0.4, 0.5) is 0 Å². The molecule has 0 saturated carbocycles. The average molecular weight is 327 g/mol. The zero-order valence-electron chi connectivity index (χ0n) is 14.4. The molecule has 3 nitrogen and oxygen atoms in total. The van der Waals surface area contributed by atoms with Gasteiger partial charge in [0.1, 0.15) is 0 Å². The first-order valence-corrected chi connectivity index (χ1v) is 9.89. The molecule has 0 saturated heterocycles. The minimum absolute atomic E-state index is 0.0865. The zero-order chi connectivity index (χ0) is 16.8. The average Bonchev–Trinajstić information content (AvgIpc) is 2.45. The van der Waals surface area contributed by atoms with Gasteiger partial charge in [-0.1, -0.05) is 59.4 Å². The van der Waals surface area contributed by atoms with Gasteiger partial charge in [-0.25, -0.2) is 0 Å². The van der Waals surface area contributed by atoms with E-state index < -0.39 is 10.1 Å². The van der Waals surface area contributed by atoms with E-state index in [1.165, 1.54) is 24.8 Å². The van der Waals surface area contributed by atoms with E-state index in [1.807, 2.05) is 13.0 Å². The Hall–Kier alpha value is -0.870. The SMILES string of the molecule is CCCCC(C)Cc1cc(CC)c(S(=O)(=O)O)cc1CCC. The van der Waals surface area contributed by atoms with Gasteiger partial charge in [0.25, 0.3) is 10.1 Å². The van der Waals surface area contributed by atoms with Crippen LogP contribution in [0.2, 0.25) is 0 Å². The Kier molecular flexibility index (Phi) is 7.57. The van der Waals surface area contributed by atoms with Gasteiger partial charge in [0.2, 0.25) is 0 Å². The highest BCUT2D eigenvalue weighted by Crippen LogP contribution is 2.26. The molecule has 1 unspecified atom stereocenters. The fourth-order valence-corrected chi connectivity index (χ4v) is 3.78. The largest absolute Gasteiger partial charge is 0.294 e. The van der Waals surface area contributed by atoms with Gasteiger partial charge in [0.05, 0.1) is 4.90 Å². The Labute approximate surface area is 135 Å². The molecule has 4 heteroatoms. The van der Waals surface area contributed by atoms with Crippen LogP contribution in [0, 0.1) is 5.92 Å². The van der Waals surface area contributed by atoms with Gasteiger partial charge in [-0.05, 0) is 47.9 Å². The molecule has 0 bridgehead atoms. The Morgan fingerprint density at radius 3 is 2.23 bits per heavy atom. The lowest BCUT2D eigenvalue weighted by Crippen LogP contribution is -2.09. The third kappa shape index (κ3) is 5.40. The van der Waals surface area contributed by atoms with Crippen LogP contribution in [0.15, 0.2) is 17.0 Å². The van der Waals surface area contributed by atoms with E-state index in [9.17, 15) is 13.0 Å². The zero-order valence-corrected chi connectivity index (χ0v) is 15.2. The van der Waals surface area contributed by atoms with E-state index in [1.54, 1.807) is 6.07 Å². The summed E-state index contributed by atoms with van der Waals surface area (Å²) in [5, 5.41) is 0. The molecule has 0 fully saturated rings. The van der Waals surface area contributed by atoms with Crippen LogP contribution in [-0.4, -0.2) is 13.0 Å². The van der Waals surface area contributed by atoms with Crippen molar-refractivity contribution in [2.75, 3.05) is 0 Å². The van der Waals surface area contributed by atoms with Gasteiger partial charge in [0, 0.05) is 0 Å². The maximum Gasteiger partial charge on any atom is 0.294 e. The second-order valence-corrected chi connectivity index (χ2v) is 7.65. The van der Waals surface area contributed by atoms with Gasteiger partial charge >= 0.3 is 0 Å². The van der Waals surface area contributed by atoms with E-state index in [0.717, 1.165) is 30.4 Å². The molecule has 0 aliphatic rings. The minimum atomic E-state index is -4.15. The van der Waals surface area contributed by atoms with Crippen LogP contribution in [0.25, 0.3) is 0 Å². The minimum Gasteiger partial charge on any atom is -0.282 e. The molecule has 1 rings (SSSR count). The summed E-state index contributed by atoms with van der Waals surface area (Å²) in [4.78, 5) is 0.0865. The molecule has 0 aromatic heterocycles. The summed E-state index contributed by atoms with van der Waals surface area (Å²) in [5.41, 5.74) is 3.03. The predicted molar refractivity (Wildman–Crippen MR) is 92.0 cm³/mol. The Morgan fingerprint density at radius 1 is 1.05 bits per heavy atom. The standard InChI is InChI=1S/C18H30O3S/c1-5-8-10-14(4)11-17-12-15(7-3)18(22(19,20)21)13-16(17)9-6-2/h12-14H,5-11H2,1-4H3,(H,19,20,21). The topological polar surface area (TPSA) is 54.4 Å². The van der Waals surface area contributed by atoms with Gasteiger partial charge < -0.3 is 0 Å². The molecule has 22 heavy (non-hydrogen) atoms. The van der Waals surface area contributed by atoms with E-state index in [4.69, 9.17) is 0 Å². The molecular weight excluding hydrogens is 296 g/mol. The lowest BCUT2D eigenvalue weighted by molar-refractivity contribution is 0.481. The summed E-state index contributed by atoms with van der Waals surface area (Å²) in [6, 6.07) is 3.69. The van der Waals surface area contributed by atoms with Crippen LogP contribution in [-0.2, 0) is 29.4 Å². The number of hydrogen-bond donors (Lipinski definition) is 1. The maximum atomic E-state index is 11.6. The van der Waals surface area contributed by atoms with Crippen molar-refractivity contribution < 1.29 is 13.0 Å². The number of unbranched alkanes of at least 4 members (excludes halogenated alkanes) is 1.